The van der Waals surface area contributed by atoms with Crippen LogP contribution in [-0.4, -0.2) is 41.5 Å². The van der Waals surface area contributed by atoms with Gasteiger partial charge in [0.25, 0.3) is 5.56 Å². The van der Waals surface area contributed by atoms with E-state index < -0.39 is 17.4 Å². The molecule has 1 fully saturated rings. The number of anilines is 3. The molecule has 1 saturated heterocycles. The van der Waals surface area contributed by atoms with Gasteiger partial charge in [-0.1, -0.05) is 19.1 Å². The molecule has 164 valence electrons. The molecule has 2 aliphatic rings. The second kappa shape index (κ2) is 8.79. The highest BCUT2D eigenvalue weighted by atomic mass is 16.5. The number of nitrogens with zero attached hydrogens (tertiary/aromatic N) is 2. The Morgan fingerprint density at radius 3 is 2.90 bits per heavy atom. The largest absolute Gasteiger partial charge is 0.492 e. The minimum atomic E-state index is -0.941. The van der Waals surface area contributed by atoms with Crippen molar-refractivity contribution in [3.05, 3.63) is 40.2 Å². The van der Waals surface area contributed by atoms with Gasteiger partial charge in [-0.15, -0.1) is 0 Å². The number of carbonyl (C=O) groups excluding carboxylic acids is 2. The van der Waals surface area contributed by atoms with E-state index in [1.54, 1.807) is 18.2 Å². The van der Waals surface area contributed by atoms with Gasteiger partial charge in [-0.2, -0.15) is 4.98 Å². The van der Waals surface area contributed by atoms with Crippen LogP contribution >= 0.6 is 0 Å². The van der Waals surface area contributed by atoms with E-state index in [1.807, 2.05) is 17.9 Å². The molecule has 1 aromatic carbocycles. The molecule has 0 saturated carbocycles. The predicted molar refractivity (Wildman–Crippen MR) is 118 cm³/mol. The molecule has 3 N–H and O–H groups in total. The summed E-state index contributed by atoms with van der Waals surface area (Å²) in [5.74, 6) is -0.125. The third kappa shape index (κ3) is 4.40. The van der Waals surface area contributed by atoms with Crippen molar-refractivity contribution in [3.63, 3.8) is 0 Å². The lowest BCUT2D eigenvalue weighted by Gasteiger charge is -2.32. The lowest BCUT2D eigenvalue weighted by atomic mass is 9.92. The van der Waals surface area contributed by atoms with E-state index in [9.17, 15) is 14.4 Å². The zero-order chi connectivity index (χ0) is 22.0. The van der Waals surface area contributed by atoms with Crippen LogP contribution in [0.25, 0.3) is 0 Å². The minimum absolute atomic E-state index is 0.125. The molecule has 2 aliphatic heterocycles. The first-order chi connectivity index (χ1) is 15.0. The van der Waals surface area contributed by atoms with Crippen molar-refractivity contribution >= 4 is 29.3 Å². The van der Waals surface area contributed by atoms with Crippen LogP contribution in [0.15, 0.2) is 29.1 Å². The number of amides is 2. The maximum Gasteiger partial charge on any atom is 0.258 e. The van der Waals surface area contributed by atoms with Crippen molar-refractivity contribution in [3.8, 4) is 5.75 Å². The van der Waals surface area contributed by atoms with Crippen molar-refractivity contribution in [1.29, 1.82) is 0 Å². The van der Waals surface area contributed by atoms with Crippen LogP contribution in [0.3, 0.4) is 0 Å². The van der Waals surface area contributed by atoms with Crippen LogP contribution in [0, 0.1) is 5.92 Å². The Kier molecular flexibility index (Phi) is 5.92. The summed E-state index contributed by atoms with van der Waals surface area (Å²) < 4.78 is 5.55. The molecular weight excluding hydrogens is 398 g/mol. The molecule has 0 bridgehead atoms. The zero-order valence-electron chi connectivity index (χ0n) is 17.7. The summed E-state index contributed by atoms with van der Waals surface area (Å²) >= 11 is 0. The number of nitrogens with one attached hydrogen (secondary N) is 3. The molecule has 3 heterocycles. The fraction of sp³-hybridized carbons (Fsp3) is 0.455. The van der Waals surface area contributed by atoms with Crippen LogP contribution in [0.4, 0.5) is 17.5 Å². The number of rotatable bonds is 5. The Hall–Kier alpha value is -3.36. The van der Waals surface area contributed by atoms with Crippen LogP contribution in [0.1, 0.15) is 44.6 Å². The summed E-state index contributed by atoms with van der Waals surface area (Å²) in [6.07, 6.45) is 2.02. The maximum atomic E-state index is 13.1. The van der Waals surface area contributed by atoms with Gasteiger partial charge in [0.1, 0.15) is 11.6 Å². The first kappa shape index (κ1) is 20.9. The summed E-state index contributed by atoms with van der Waals surface area (Å²) in [4.78, 5) is 47.7. The number of carbonyl (C=O) groups is 2. The number of piperidine rings is 1. The topological polar surface area (TPSA) is 116 Å². The third-order valence-electron chi connectivity index (χ3n) is 5.66. The highest BCUT2D eigenvalue weighted by Crippen LogP contribution is 2.32. The Bertz CT molecular complexity index is 1050. The number of fused-ring (bicyclic) bond motifs is 1. The summed E-state index contributed by atoms with van der Waals surface area (Å²) in [6, 6.07) is 7.05. The first-order valence-corrected chi connectivity index (χ1v) is 10.7. The Morgan fingerprint density at radius 2 is 2.13 bits per heavy atom. The second-order valence-electron chi connectivity index (χ2n) is 8.07. The molecule has 2 amide bonds. The molecule has 0 aliphatic carbocycles. The average Bonchev–Trinajstić information content (AvgIpc) is 2.74. The maximum absolute atomic E-state index is 13.1. The van der Waals surface area contributed by atoms with E-state index in [4.69, 9.17) is 4.74 Å². The monoisotopic (exact) mass is 425 g/mol. The third-order valence-corrected chi connectivity index (χ3v) is 5.66. The van der Waals surface area contributed by atoms with Gasteiger partial charge < -0.3 is 20.3 Å². The van der Waals surface area contributed by atoms with Crippen LogP contribution in [0.2, 0.25) is 0 Å². The molecule has 1 aromatic heterocycles. The van der Waals surface area contributed by atoms with Crippen molar-refractivity contribution in [2.24, 2.45) is 5.92 Å². The van der Waals surface area contributed by atoms with Crippen molar-refractivity contribution in [1.82, 2.24) is 9.97 Å². The lowest BCUT2D eigenvalue weighted by molar-refractivity contribution is -0.123. The number of hydrogen-bond acceptors (Lipinski definition) is 6. The first-order valence-electron chi connectivity index (χ1n) is 10.7. The van der Waals surface area contributed by atoms with Gasteiger partial charge in [0.05, 0.1) is 23.8 Å². The van der Waals surface area contributed by atoms with Crippen molar-refractivity contribution in [2.75, 3.05) is 35.2 Å². The van der Waals surface area contributed by atoms with Gasteiger partial charge >= 0.3 is 0 Å². The van der Waals surface area contributed by atoms with Gasteiger partial charge in [0.2, 0.25) is 17.8 Å². The lowest BCUT2D eigenvalue weighted by Crippen LogP contribution is -2.40. The minimum Gasteiger partial charge on any atom is -0.492 e. The highest BCUT2D eigenvalue weighted by Gasteiger charge is 2.35. The van der Waals surface area contributed by atoms with Gasteiger partial charge in [0.15, 0.2) is 0 Å². The van der Waals surface area contributed by atoms with E-state index in [2.05, 4.69) is 27.5 Å². The Labute approximate surface area is 180 Å². The zero-order valence-corrected chi connectivity index (χ0v) is 17.7. The highest BCUT2D eigenvalue weighted by molar-refractivity contribution is 6.04. The van der Waals surface area contributed by atoms with Crippen molar-refractivity contribution < 1.29 is 14.3 Å². The van der Waals surface area contributed by atoms with Gasteiger partial charge in [0, 0.05) is 19.5 Å². The van der Waals surface area contributed by atoms with Crippen LogP contribution in [0.5, 0.6) is 5.75 Å². The molecular formula is C22H27N5O4. The number of H-pyrrole nitrogens is 1. The summed E-state index contributed by atoms with van der Waals surface area (Å²) in [6.45, 7) is 6.03. The molecule has 2 atom stereocenters. The number of hydrogen-bond donors (Lipinski definition) is 3. The van der Waals surface area contributed by atoms with Crippen LogP contribution < -0.4 is 25.8 Å². The Morgan fingerprint density at radius 1 is 1.32 bits per heavy atom. The quantitative estimate of drug-likeness (QED) is 0.678. The van der Waals surface area contributed by atoms with E-state index in [-0.39, 0.29) is 23.7 Å². The molecule has 4 rings (SSSR count). The van der Waals surface area contributed by atoms with Crippen molar-refractivity contribution in [2.45, 2.75) is 39.0 Å². The number of benzene rings is 1. The normalized spacial score (nSPS) is 20.6. The van der Waals surface area contributed by atoms with Gasteiger partial charge in [-0.3, -0.25) is 19.4 Å². The number of aromatic nitrogens is 2. The van der Waals surface area contributed by atoms with Crippen LogP contribution in [-0.2, 0) is 9.59 Å². The molecule has 9 nitrogen and oxygen atoms in total. The smallest absolute Gasteiger partial charge is 0.258 e. The SMILES string of the molecule is CCOc1ccccc1NC(=O)C1CC(=O)Nc2nc(N3CCCC(C)C3)[nH]c(=O)c21. The van der Waals surface area contributed by atoms with E-state index in [0.29, 0.717) is 29.9 Å². The Balaban J connectivity index is 1.64. The van der Waals surface area contributed by atoms with Gasteiger partial charge in [-0.05, 0) is 37.8 Å². The molecule has 2 unspecified atom stereocenters. The molecule has 2 aromatic rings. The van der Waals surface area contributed by atoms with Gasteiger partial charge in [-0.25, -0.2) is 0 Å². The number of para-hydroxylation sites is 2. The molecule has 0 spiro atoms. The predicted octanol–water partition coefficient (Wildman–Crippen LogP) is 2.47. The average molecular weight is 425 g/mol. The summed E-state index contributed by atoms with van der Waals surface area (Å²) in [7, 11) is 0. The summed E-state index contributed by atoms with van der Waals surface area (Å²) in [5.41, 5.74) is 0.265. The second-order valence-corrected chi connectivity index (χ2v) is 8.07. The van der Waals surface area contributed by atoms with E-state index in [0.717, 1.165) is 25.9 Å². The fourth-order valence-electron chi connectivity index (χ4n) is 4.19. The number of aromatic amines is 1. The fourth-order valence-corrected chi connectivity index (χ4v) is 4.19. The summed E-state index contributed by atoms with van der Waals surface area (Å²) in [5, 5.41) is 5.47. The standard InChI is InChI=1S/C22H27N5O4/c1-3-31-16-9-5-4-8-15(16)23-20(29)14-11-17(28)24-19-18(14)21(30)26-22(25-19)27-10-6-7-13(2)12-27/h4-5,8-9,13-14H,3,6-7,10-12H2,1-2H3,(H,23,29)(H2,24,25,26,28,30). The molecule has 31 heavy (non-hydrogen) atoms. The molecule has 9 heteroatoms. The molecule has 0 radical (unpaired) electrons. The van der Waals surface area contributed by atoms with E-state index >= 15 is 0 Å². The van der Waals surface area contributed by atoms with E-state index in [1.165, 1.54) is 0 Å². The number of ether oxygens (including phenoxy) is 1.